The number of carboxylic acid groups (broad SMARTS) is 1. The highest BCUT2D eigenvalue weighted by molar-refractivity contribution is 6.28. The number of hydrogen-bond donors (Lipinski definition) is 2. The highest BCUT2D eigenvalue weighted by Crippen LogP contribution is 2.17. The Morgan fingerprint density at radius 1 is 1.69 bits per heavy atom. The number of hydrogen-bond acceptors (Lipinski definition) is 4. The van der Waals surface area contributed by atoms with Gasteiger partial charge in [0.1, 0.15) is 11.4 Å². The summed E-state index contributed by atoms with van der Waals surface area (Å²) in [4.78, 5) is 18.6. The molecule has 0 saturated heterocycles. The lowest BCUT2D eigenvalue weighted by Gasteiger charge is -2.24. The normalized spacial score (nSPS) is 13.4. The highest BCUT2D eigenvalue weighted by atomic mass is 35.5. The third-order valence-corrected chi connectivity index (χ3v) is 2.39. The third kappa shape index (κ3) is 3.50. The van der Waals surface area contributed by atoms with E-state index in [-0.39, 0.29) is 17.7 Å². The Balaban J connectivity index is 0.00000225. The Labute approximate surface area is 105 Å². The summed E-state index contributed by atoms with van der Waals surface area (Å²) in [5, 5.41) is 11.9. The van der Waals surface area contributed by atoms with Crippen LogP contribution in [0.5, 0.6) is 0 Å². The van der Waals surface area contributed by atoms with E-state index in [2.05, 4.69) is 15.3 Å². The minimum absolute atomic E-state index is 0. The van der Waals surface area contributed by atoms with Gasteiger partial charge in [-0.2, -0.15) is 0 Å². The molecular weight excluding hydrogens is 253 g/mol. The van der Waals surface area contributed by atoms with Crippen LogP contribution in [0.2, 0.25) is 5.28 Å². The van der Waals surface area contributed by atoms with Gasteiger partial charge in [0, 0.05) is 6.20 Å². The monoisotopic (exact) mass is 265 g/mol. The maximum atomic E-state index is 11.0. The van der Waals surface area contributed by atoms with E-state index < -0.39 is 11.5 Å². The number of rotatable bonds is 4. The number of nitrogens with zero attached hydrogens (tertiary/aromatic N) is 2. The Hall–Kier alpha value is -1.07. The Morgan fingerprint density at radius 2 is 2.31 bits per heavy atom. The van der Waals surface area contributed by atoms with Crippen LogP contribution < -0.4 is 5.32 Å². The first-order valence-electron chi connectivity index (χ1n) is 4.48. The molecule has 1 aromatic rings. The van der Waals surface area contributed by atoms with Crippen molar-refractivity contribution in [2.24, 2.45) is 0 Å². The quantitative estimate of drug-likeness (QED) is 0.817. The van der Waals surface area contributed by atoms with Crippen LogP contribution >= 0.6 is 24.0 Å². The number of carbonyl (C=O) groups is 1. The summed E-state index contributed by atoms with van der Waals surface area (Å²) >= 11 is 5.59. The highest BCUT2D eigenvalue weighted by Gasteiger charge is 2.31. The lowest BCUT2D eigenvalue weighted by Crippen LogP contribution is -2.42. The molecule has 0 spiro atoms. The molecule has 1 rings (SSSR count). The van der Waals surface area contributed by atoms with Crippen molar-refractivity contribution >= 4 is 35.8 Å². The van der Waals surface area contributed by atoms with E-state index in [0.29, 0.717) is 12.2 Å². The van der Waals surface area contributed by atoms with Gasteiger partial charge in [0.15, 0.2) is 0 Å². The first-order chi connectivity index (χ1) is 6.98. The van der Waals surface area contributed by atoms with Gasteiger partial charge in [-0.15, -0.1) is 12.4 Å². The molecule has 1 unspecified atom stereocenters. The van der Waals surface area contributed by atoms with Crippen LogP contribution in [0.25, 0.3) is 0 Å². The van der Waals surface area contributed by atoms with E-state index in [9.17, 15) is 4.79 Å². The zero-order valence-electron chi connectivity index (χ0n) is 8.90. The largest absolute Gasteiger partial charge is 0.480 e. The van der Waals surface area contributed by atoms with Gasteiger partial charge in [0.05, 0.1) is 0 Å². The van der Waals surface area contributed by atoms with Crippen molar-refractivity contribution in [3.8, 4) is 0 Å². The fourth-order valence-corrected chi connectivity index (χ4v) is 1.13. The Morgan fingerprint density at radius 3 is 2.75 bits per heavy atom. The molecule has 1 aromatic heterocycles. The van der Waals surface area contributed by atoms with Gasteiger partial charge in [-0.25, -0.2) is 14.8 Å². The van der Waals surface area contributed by atoms with Gasteiger partial charge in [0.2, 0.25) is 5.28 Å². The summed E-state index contributed by atoms with van der Waals surface area (Å²) in [6.45, 7) is 3.37. The first-order valence-corrected chi connectivity index (χ1v) is 4.86. The van der Waals surface area contributed by atoms with E-state index in [1.807, 2.05) is 0 Å². The molecule has 0 aliphatic heterocycles. The molecule has 0 amide bonds. The van der Waals surface area contributed by atoms with Gasteiger partial charge in [-0.1, -0.05) is 6.92 Å². The van der Waals surface area contributed by atoms with Crippen molar-refractivity contribution in [2.45, 2.75) is 25.8 Å². The molecule has 0 aliphatic rings. The van der Waals surface area contributed by atoms with Crippen molar-refractivity contribution in [1.82, 2.24) is 9.97 Å². The van der Waals surface area contributed by atoms with Crippen LogP contribution in [-0.4, -0.2) is 26.6 Å². The number of carboxylic acids is 1. The Bertz CT molecular complexity index is 376. The van der Waals surface area contributed by atoms with Crippen LogP contribution in [-0.2, 0) is 4.79 Å². The molecule has 1 atom stereocenters. The molecular formula is C9H13Cl2N3O2. The fraction of sp³-hybridized carbons (Fsp3) is 0.444. The number of halogens is 2. The van der Waals surface area contributed by atoms with Gasteiger partial charge in [-0.3, -0.25) is 0 Å². The second-order valence-corrected chi connectivity index (χ2v) is 3.66. The van der Waals surface area contributed by atoms with Gasteiger partial charge < -0.3 is 10.4 Å². The van der Waals surface area contributed by atoms with Crippen molar-refractivity contribution < 1.29 is 9.90 Å². The molecule has 5 nitrogen and oxygen atoms in total. The van der Waals surface area contributed by atoms with Crippen molar-refractivity contribution in [1.29, 1.82) is 0 Å². The minimum Gasteiger partial charge on any atom is -0.480 e. The summed E-state index contributed by atoms with van der Waals surface area (Å²) in [5.74, 6) is -0.526. The van der Waals surface area contributed by atoms with Gasteiger partial charge >= 0.3 is 5.97 Å². The van der Waals surface area contributed by atoms with Crippen LogP contribution in [0.15, 0.2) is 12.3 Å². The van der Waals surface area contributed by atoms with E-state index in [1.54, 1.807) is 19.9 Å². The van der Waals surface area contributed by atoms with Gasteiger partial charge in [-0.05, 0) is 31.0 Å². The zero-order valence-corrected chi connectivity index (χ0v) is 10.5. The molecule has 16 heavy (non-hydrogen) atoms. The van der Waals surface area contributed by atoms with E-state index in [4.69, 9.17) is 16.7 Å². The summed E-state index contributed by atoms with van der Waals surface area (Å²) in [7, 11) is 0. The molecule has 7 heteroatoms. The SMILES string of the molecule is CCC(C)(Nc1ccnc(Cl)n1)C(=O)O.Cl. The predicted octanol–water partition coefficient (Wildman–Crippen LogP) is 2.22. The summed E-state index contributed by atoms with van der Waals surface area (Å²) in [6.07, 6.45) is 1.90. The maximum Gasteiger partial charge on any atom is 0.329 e. The standard InChI is InChI=1S/C9H12ClN3O2.ClH/c1-3-9(2,7(14)15)13-6-4-5-11-8(10)12-6;/h4-5H,3H2,1-2H3,(H,14,15)(H,11,12,13);1H. The maximum absolute atomic E-state index is 11.0. The molecule has 1 heterocycles. The van der Waals surface area contributed by atoms with Crippen LogP contribution in [0.4, 0.5) is 5.82 Å². The minimum atomic E-state index is -1.04. The second-order valence-electron chi connectivity index (χ2n) is 3.33. The van der Waals surface area contributed by atoms with E-state index in [1.165, 1.54) is 6.20 Å². The topological polar surface area (TPSA) is 75.1 Å². The summed E-state index contributed by atoms with van der Waals surface area (Å²) in [5.41, 5.74) is -1.04. The molecule has 2 N–H and O–H groups in total. The summed E-state index contributed by atoms with van der Waals surface area (Å²) < 4.78 is 0. The van der Waals surface area contributed by atoms with E-state index in [0.717, 1.165) is 0 Å². The average Bonchev–Trinajstić information content (AvgIpc) is 2.17. The lowest BCUT2D eigenvalue weighted by atomic mass is 9.99. The number of anilines is 1. The first kappa shape index (κ1) is 14.9. The average molecular weight is 266 g/mol. The van der Waals surface area contributed by atoms with Crippen LogP contribution in [0, 0.1) is 0 Å². The smallest absolute Gasteiger partial charge is 0.329 e. The molecule has 0 saturated carbocycles. The molecule has 0 aromatic carbocycles. The predicted molar refractivity (Wildman–Crippen MR) is 64.2 cm³/mol. The number of nitrogens with one attached hydrogen (secondary N) is 1. The Kier molecular flexibility index (Phi) is 5.47. The third-order valence-electron chi connectivity index (χ3n) is 2.21. The van der Waals surface area contributed by atoms with Crippen LogP contribution in [0.3, 0.4) is 0 Å². The molecule has 0 radical (unpaired) electrons. The van der Waals surface area contributed by atoms with Crippen LogP contribution in [0.1, 0.15) is 20.3 Å². The molecule has 90 valence electrons. The number of aromatic nitrogens is 2. The molecule has 0 bridgehead atoms. The fourth-order valence-electron chi connectivity index (χ4n) is 0.980. The van der Waals surface area contributed by atoms with Crippen molar-refractivity contribution in [2.75, 3.05) is 5.32 Å². The summed E-state index contributed by atoms with van der Waals surface area (Å²) in [6, 6.07) is 1.57. The van der Waals surface area contributed by atoms with Gasteiger partial charge in [0.25, 0.3) is 0 Å². The lowest BCUT2D eigenvalue weighted by molar-refractivity contribution is -0.141. The number of aliphatic carboxylic acids is 1. The molecule has 0 fully saturated rings. The van der Waals surface area contributed by atoms with E-state index >= 15 is 0 Å². The van der Waals surface area contributed by atoms with Crippen molar-refractivity contribution in [3.63, 3.8) is 0 Å². The van der Waals surface area contributed by atoms with Crippen molar-refractivity contribution in [3.05, 3.63) is 17.5 Å². The zero-order chi connectivity index (χ0) is 11.5. The molecule has 0 aliphatic carbocycles. The second kappa shape index (κ2) is 5.86.